The summed E-state index contributed by atoms with van der Waals surface area (Å²) in [4.78, 5) is 109. The zero-order valence-electron chi connectivity index (χ0n) is 42.9. The number of anilines is 1. The predicted molar refractivity (Wildman–Crippen MR) is 272 cm³/mol. The second-order valence-corrected chi connectivity index (χ2v) is 20.1. The van der Waals surface area contributed by atoms with Crippen LogP contribution in [0, 0.1) is 22.7 Å². The molecule has 0 radical (unpaired) electrons. The lowest BCUT2D eigenvalue weighted by atomic mass is 9.97. The number of rotatable bonds is 23. The minimum atomic E-state index is -1.76. The van der Waals surface area contributed by atoms with Gasteiger partial charge in [-0.25, -0.2) is 38.7 Å². The predicted octanol–water partition coefficient (Wildman–Crippen LogP) is 5.25. The second-order valence-electron chi connectivity index (χ2n) is 18.7. The molecular weight excluding hydrogens is 1050 g/mol. The molecule has 27 heteroatoms. The number of benzene rings is 2. The first kappa shape index (κ1) is 60.9. The van der Waals surface area contributed by atoms with Gasteiger partial charge in [-0.2, -0.15) is 10.5 Å². The van der Waals surface area contributed by atoms with E-state index in [4.69, 9.17) is 45.4 Å². The van der Waals surface area contributed by atoms with Gasteiger partial charge in [-0.1, -0.05) is 35.5 Å². The molecule has 2 heterocycles. The molecule has 8 N–H and O–H groups in total. The van der Waals surface area contributed by atoms with Gasteiger partial charge >= 0.3 is 36.1 Å². The Hall–Kier alpha value is -8.62. The van der Waals surface area contributed by atoms with E-state index in [2.05, 4.69) is 37.3 Å². The molecule has 0 spiro atoms. The van der Waals surface area contributed by atoms with Crippen molar-refractivity contribution in [3.8, 4) is 40.5 Å². The zero-order chi connectivity index (χ0) is 57.4. The van der Waals surface area contributed by atoms with Crippen molar-refractivity contribution in [1.29, 1.82) is 10.5 Å². The summed E-state index contributed by atoms with van der Waals surface area (Å²) in [5.74, 6) is -6.80. The molecule has 2 aromatic heterocycles. The average Bonchev–Trinajstić information content (AvgIpc) is 3.81. The number of amides is 4. The van der Waals surface area contributed by atoms with Gasteiger partial charge in [0.1, 0.15) is 89.1 Å². The van der Waals surface area contributed by atoms with Crippen LogP contribution in [0.5, 0.6) is 5.75 Å². The standard InChI is InChI=1S/C50H56ClN9O16S/c1-25(55-37(61)17-35(43(63)64)58-47(69)75-49(3,4)5)45(67)73-23-32(74-46(68)26(2)56-38(62)18-36(44(65)66)59-48(70)76-50(6,7)8)22-71-31-15-11-27(12-16-31)39-33(19-52)40(54)60-42(34(39)20-53)77-24-30-21-72-41(57-30)28-9-13-29(51)14-10-28/h9-16,21,25-26,32,35-36H,17-18,22-24H2,1-8H3,(H2,54,60)(H,55,61)(H,56,62)(H,58,69)(H,59,70)(H,63,64)(H,65,66)/t25-,26-,32-,35-,36-/m0/s1. The van der Waals surface area contributed by atoms with Crippen LogP contribution in [0.1, 0.15) is 85.1 Å². The Morgan fingerprint density at radius 3 is 1.73 bits per heavy atom. The van der Waals surface area contributed by atoms with Crippen LogP contribution in [0.3, 0.4) is 0 Å². The number of aromatic nitrogens is 2. The van der Waals surface area contributed by atoms with Crippen molar-refractivity contribution in [2.45, 2.75) is 120 Å². The Morgan fingerprint density at radius 2 is 1.23 bits per heavy atom. The van der Waals surface area contributed by atoms with Crippen LogP contribution in [-0.4, -0.2) is 123 Å². The van der Waals surface area contributed by atoms with Gasteiger partial charge in [0.15, 0.2) is 6.10 Å². The molecule has 0 saturated carbocycles. The van der Waals surface area contributed by atoms with E-state index in [0.717, 1.165) is 11.8 Å². The number of nitrogen functional groups attached to an aromatic ring is 1. The van der Waals surface area contributed by atoms with Crippen LogP contribution in [0.2, 0.25) is 5.02 Å². The first-order chi connectivity index (χ1) is 36.1. The summed E-state index contributed by atoms with van der Waals surface area (Å²) in [5.41, 5.74) is 5.97. The number of nitriles is 2. The van der Waals surface area contributed by atoms with Crippen LogP contribution < -0.4 is 31.7 Å². The lowest BCUT2D eigenvalue weighted by Crippen LogP contribution is -2.49. The van der Waals surface area contributed by atoms with Crippen LogP contribution >= 0.6 is 23.4 Å². The summed E-state index contributed by atoms with van der Waals surface area (Å²) in [7, 11) is 0. The van der Waals surface area contributed by atoms with Gasteiger partial charge < -0.3 is 65.3 Å². The molecule has 410 valence electrons. The normalized spacial score (nSPS) is 13.1. The van der Waals surface area contributed by atoms with Crippen molar-refractivity contribution >= 4 is 77.1 Å². The lowest BCUT2D eigenvalue weighted by molar-refractivity contribution is -0.163. The summed E-state index contributed by atoms with van der Waals surface area (Å²) >= 11 is 7.13. The van der Waals surface area contributed by atoms with Crippen molar-refractivity contribution in [3.63, 3.8) is 0 Å². The highest BCUT2D eigenvalue weighted by Gasteiger charge is 2.31. The largest absolute Gasteiger partial charge is 0.490 e. The number of hydrogen-bond acceptors (Lipinski definition) is 20. The van der Waals surface area contributed by atoms with E-state index in [1.165, 1.54) is 44.4 Å². The fraction of sp³-hybridized carbons (Fsp3) is 0.400. The molecule has 25 nitrogen and oxygen atoms in total. The molecular formula is C50H56ClN9O16S. The van der Waals surface area contributed by atoms with Gasteiger partial charge in [0.05, 0.1) is 24.1 Å². The third-order valence-corrected chi connectivity index (χ3v) is 11.2. The van der Waals surface area contributed by atoms with E-state index in [0.29, 0.717) is 27.7 Å². The number of carboxylic acids is 2. The van der Waals surface area contributed by atoms with Crippen LogP contribution in [0.4, 0.5) is 15.4 Å². The van der Waals surface area contributed by atoms with Gasteiger partial charge in [0, 0.05) is 21.9 Å². The quantitative estimate of drug-likeness (QED) is 0.0283. The first-order valence-electron chi connectivity index (χ1n) is 23.2. The van der Waals surface area contributed by atoms with Crippen molar-refractivity contribution in [1.82, 2.24) is 31.2 Å². The maximum absolute atomic E-state index is 13.4. The van der Waals surface area contributed by atoms with Crippen molar-refractivity contribution in [2.75, 3.05) is 18.9 Å². The number of carboxylic acid groups (broad SMARTS) is 2. The molecule has 4 amide bonds. The number of carbonyl (C=O) groups excluding carboxylic acids is 6. The molecule has 0 saturated heterocycles. The van der Waals surface area contributed by atoms with Gasteiger partial charge in [-0.3, -0.25) is 9.59 Å². The Kier molecular flexibility index (Phi) is 21.6. The molecule has 0 unspecified atom stereocenters. The molecule has 0 fully saturated rings. The number of aliphatic carboxylic acids is 2. The maximum Gasteiger partial charge on any atom is 0.408 e. The Morgan fingerprint density at radius 1 is 0.727 bits per heavy atom. The first-order valence-corrected chi connectivity index (χ1v) is 24.5. The van der Waals surface area contributed by atoms with Gasteiger partial charge in [0.25, 0.3) is 0 Å². The van der Waals surface area contributed by atoms with E-state index in [1.54, 1.807) is 65.8 Å². The molecule has 77 heavy (non-hydrogen) atoms. The number of esters is 2. The Balaban J connectivity index is 1.51. The molecule has 4 rings (SSSR count). The highest BCUT2D eigenvalue weighted by atomic mass is 35.5. The Labute approximate surface area is 450 Å². The van der Waals surface area contributed by atoms with Crippen molar-refractivity contribution < 1.29 is 76.7 Å². The summed E-state index contributed by atoms with van der Waals surface area (Å²) < 4.78 is 32.6. The fourth-order valence-corrected chi connectivity index (χ4v) is 7.41. The molecule has 0 aliphatic heterocycles. The van der Waals surface area contributed by atoms with E-state index in [-0.39, 0.29) is 39.0 Å². The third kappa shape index (κ3) is 19.5. The van der Waals surface area contributed by atoms with Crippen LogP contribution in [0.15, 0.2) is 64.2 Å². The minimum absolute atomic E-state index is 0.0354. The third-order valence-electron chi connectivity index (χ3n) is 9.91. The average molecular weight is 1110 g/mol. The number of halogens is 1. The number of nitrogens with one attached hydrogen (secondary N) is 4. The summed E-state index contributed by atoms with van der Waals surface area (Å²) in [6.07, 6.45) is -3.85. The topological polar surface area (TPSA) is 384 Å². The molecule has 0 aliphatic carbocycles. The number of alkyl carbamates (subject to hydrolysis) is 2. The number of ether oxygens (including phenoxy) is 5. The van der Waals surface area contributed by atoms with Crippen LogP contribution in [0.25, 0.3) is 22.6 Å². The minimum Gasteiger partial charge on any atom is -0.490 e. The SMILES string of the molecule is C[C@H](NC(=O)C[C@H](NC(=O)OC(C)(C)C)C(=O)O)C(=O)OC[C@H](COc1ccc(-c2c(C#N)c(N)nc(SCc3coc(-c4ccc(Cl)cc4)n3)c2C#N)cc1)OC(=O)[C@H](C)NC(=O)C[C@H](NC(=O)OC(C)(C)C)C(=O)O. The van der Waals surface area contributed by atoms with Gasteiger partial charge in [0.2, 0.25) is 17.7 Å². The van der Waals surface area contributed by atoms with E-state index in [1.807, 2.05) is 6.07 Å². The number of nitrogens with zero attached hydrogens (tertiary/aromatic N) is 4. The van der Waals surface area contributed by atoms with Gasteiger partial charge in [-0.05, 0) is 97.4 Å². The smallest absolute Gasteiger partial charge is 0.408 e. The van der Waals surface area contributed by atoms with Crippen LogP contribution in [-0.2, 0) is 53.5 Å². The fourth-order valence-electron chi connectivity index (χ4n) is 6.41. The molecule has 0 bridgehead atoms. The molecule has 2 aromatic carbocycles. The highest BCUT2D eigenvalue weighted by Crippen LogP contribution is 2.37. The van der Waals surface area contributed by atoms with E-state index in [9.17, 15) is 59.1 Å². The van der Waals surface area contributed by atoms with Gasteiger partial charge in [-0.15, -0.1) is 0 Å². The summed E-state index contributed by atoms with van der Waals surface area (Å²) in [6, 6.07) is 10.5. The van der Waals surface area contributed by atoms with E-state index < -0.39 is 115 Å². The van der Waals surface area contributed by atoms with Crippen molar-refractivity contribution in [2.24, 2.45) is 0 Å². The number of thioether (sulfide) groups is 1. The summed E-state index contributed by atoms with van der Waals surface area (Å²) in [6.45, 7) is 10.4. The molecule has 4 aromatic rings. The number of hydrogen-bond donors (Lipinski definition) is 7. The lowest BCUT2D eigenvalue weighted by Gasteiger charge is -2.23. The zero-order valence-corrected chi connectivity index (χ0v) is 44.5. The number of nitrogens with two attached hydrogens (primary N) is 1. The molecule has 0 aliphatic rings. The monoisotopic (exact) mass is 1110 g/mol. The maximum atomic E-state index is 13.4. The summed E-state index contributed by atoms with van der Waals surface area (Å²) in [5, 5.41) is 49.1. The number of carbonyl (C=O) groups is 8. The Bertz CT molecular complexity index is 2910. The molecule has 5 atom stereocenters. The van der Waals surface area contributed by atoms with Crippen molar-refractivity contribution in [3.05, 3.63) is 76.6 Å². The highest BCUT2D eigenvalue weighted by molar-refractivity contribution is 7.98. The van der Waals surface area contributed by atoms with E-state index >= 15 is 0 Å². The number of oxazole rings is 1. The number of pyridine rings is 1. The second kappa shape index (κ2) is 27.3.